The van der Waals surface area contributed by atoms with Gasteiger partial charge in [-0.25, -0.2) is 0 Å². The molecule has 0 N–H and O–H groups in total. The molecular weight excluding hydrogens is 283 g/mol. The molecule has 0 bridgehead atoms. The third-order valence-corrected chi connectivity index (χ3v) is 4.72. The van der Waals surface area contributed by atoms with Crippen LogP contribution in [0, 0.1) is 0 Å². The predicted molar refractivity (Wildman–Crippen MR) is 76.8 cm³/mol. The molecule has 0 radical (unpaired) electrons. The number of rotatable bonds is 10. The molecule has 0 saturated heterocycles. The van der Waals surface area contributed by atoms with Crippen molar-refractivity contribution < 1.29 is 4.74 Å². The van der Waals surface area contributed by atoms with Crippen LogP contribution in [-0.4, -0.2) is 19.2 Å². The molecule has 5 heteroatoms. The van der Waals surface area contributed by atoms with Crippen LogP contribution in [-0.2, 0) is 4.74 Å². The van der Waals surface area contributed by atoms with Crippen molar-refractivity contribution in [3.8, 4) is 0 Å². The molecule has 0 amide bonds. The molecule has 0 rings (SSSR count). The van der Waals surface area contributed by atoms with Crippen molar-refractivity contribution in [3.63, 3.8) is 0 Å². The van der Waals surface area contributed by atoms with Crippen LogP contribution in [0.25, 0.3) is 0 Å². The zero-order valence-electron chi connectivity index (χ0n) is 9.91. The molecule has 0 aromatic heterocycles. The molecule has 0 atom stereocenters. The summed E-state index contributed by atoms with van der Waals surface area (Å²) in [7, 11) is 0. The molecule has 96 valence electrons. The number of hydrogen-bond acceptors (Lipinski definition) is 1. The molecule has 0 heterocycles. The van der Waals surface area contributed by atoms with Gasteiger partial charge in [-0.2, -0.15) is 0 Å². The van der Waals surface area contributed by atoms with Crippen LogP contribution in [0.2, 0.25) is 6.04 Å². The molecule has 0 aromatic carbocycles. The average Bonchev–Trinajstić information content (AvgIpc) is 2.13. The Balaban J connectivity index is 3.07. The van der Waals surface area contributed by atoms with E-state index in [4.69, 9.17) is 38.0 Å². The minimum atomic E-state index is -2.37. The van der Waals surface area contributed by atoms with Crippen LogP contribution in [0.3, 0.4) is 0 Å². The topological polar surface area (TPSA) is 9.23 Å². The maximum absolute atomic E-state index is 5.79. The molecule has 0 aliphatic heterocycles. The first-order valence-corrected chi connectivity index (χ1v) is 10.9. The van der Waals surface area contributed by atoms with E-state index in [9.17, 15) is 0 Å². The highest BCUT2D eigenvalue weighted by Crippen LogP contribution is 2.27. The Hall–Kier alpha value is 0.787. The normalized spacial score (nSPS) is 11.8. The van der Waals surface area contributed by atoms with Crippen LogP contribution in [0.15, 0.2) is 12.2 Å². The van der Waals surface area contributed by atoms with Gasteiger partial charge in [-0.1, -0.05) is 37.8 Å². The van der Waals surface area contributed by atoms with Gasteiger partial charge in [0.15, 0.2) is 0 Å². The maximum Gasteiger partial charge on any atom is 0.341 e. The Labute approximate surface area is 114 Å². The second-order valence-electron chi connectivity index (χ2n) is 4.14. The smallest absolute Gasteiger partial charge is 0.341 e. The Morgan fingerprint density at radius 1 is 1.06 bits per heavy atom. The first-order valence-electron chi connectivity index (χ1n) is 5.70. The molecule has 1 nitrogen and oxygen atoms in total. The fourth-order valence-corrected chi connectivity index (χ4v) is 3.16. The Morgan fingerprint density at radius 3 is 2.19 bits per heavy atom. The van der Waals surface area contributed by atoms with Gasteiger partial charge < -0.3 is 4.74 Å². The molecule has 0 aliphatic rings. The van der Waals surface area contributed by atoms with Crippen molar-refractivity contribution in [2.75, 3.05) is 13.2 Å². The lowest BCUT2D eigenvalue weighted by molar-refractivity contribution is 0.151. The SMILES string of the molecule is C=C(C)COCCCCCCC[Si](Cl)(Cl)Cl. The predicted octanol–water partition coefficient (Wildman–Crippen LogP) is 5.18. The molecule has 0 fully saturated rings. The zero-order valence-corrected chi connectivity index (χ0v) is 13.2. The van der Waals surface area contributed by atoms with Crippen molar-refractivity contribution in [1.82, 2.24) is 0 Å². The van der Waals surface area contributed by atoms with E-state index >= 15 is 0 Å². The summed E-state index contributed by atoms with van der Waals surface area (Å²) in [5.74, 6) is 0. The van der Waals surface area contributed by atoms with E-state index in [1.807, 2.05) is 6.92 Å². The van der Waals surface area contributed by atoms with E-state index in [1.54, 1.807) is 0 Å². The van der Waals surface area contributed by atoms with Gasteiger partial charge in [0.1, 0.15) is 0 Å². The monoisotopic (exact) mass is 302 g/mol. The van der Waals surface area contributed by atoms with Gasteiger partial charge in [0, 0.05) is 6.61 Å². The summed E-state index contributed by atoms with van der Waals surface area (Å²) in [6, 6.07) is -1.59. The van der Waals surface area contributed by atoms with Crippen molar-refractivity contribution in [2.24, 2.45) is 0 Å². The van der Waals surface area contributed by atoms with E-state index in [2.05, 4.69) is 6.58 Å². The van der Waals surface area contributed by atoms with Gasteiger partial charge in [0.2, 0.25) is 0 Å². The fourth-order valence-electron chi connectivity index (χ4n) is 1.31. The number of unbranched alkanes of at least 4 members (excludes halogenated alkanes) is 4. The molecule has 0 aromatic rings. The third-order valence-electron chi connectivity index (χ3n) is 2.10. The minimum absolute atomic E-state index is 0.679. The number of halogens is 3. The minimum Gasteiger partial charge on any atom is -0.377 e. The standard InChI is InChI=1S/C11H21Cl3OSi/c1-11(2)10-15-8-6-4-3-5-7-9-16(12,13)14/h1,3-10H2,2H3. The number of hydrogen-bond donors (Lipinski definition) is 0. The number of ether oxygens (including phenoxy) is 1. The highest BCUT2D eigenvalue weighted by Gasteiger charge is 2.23. The lowest BCUT2D eigenvalue weighted by atomic mass is 10.2. The second-order valence-corrected chi connectivity index (χ2v) is 13.4. The lowest BCUT2D eigenvalue weighted by Gasteiger charge is -2.07. The van der Waals surface area contributed by atoms with Crippen LogP contribution in [0.4, 0.5) is 0 Å². The lowest BCUT2D eigenvalue weighted by Crippen LogP contribution is -2.07. The van der Waals surface area contributed by atoms with Crippen LogP contribution in [0.1, 0.15) is 39.0 Å². The highest BCUT2D eigenvalue weighted by atomic mass is 35.8. The first kappa shape index (κ1) is 16.8. The van der Waals surface area contributed by atoms with Crippen molar-refractivity contribution in [1.29, 1.82) is 0 Å². The summed E-state index contributed by atoms with van der Waals surface area (Å²) in [5, 5.41) is 0. The third kappa shape index (κ3) is 14.8. The average molecular weight is 304 g/mol. The summed E-state index contributed by atoms with van der Waals surface area (Å²) in [6.45, 7) is 7.26. The van der Waals surface area contributed by atoms with Gasteiger partial charge in [0.05, 0.1) is 6.61 Å². The summed E-state index contributed by atoms with van der Waals surface area (Å²) >= 11 is 17.4. The summed E-state index contributed by atoms with van der Waals surface area (Å²) in [5.41, 5.74) is 1.08. The maximum atomic E-state index is 5.79. The van der Waals surface area contributed by atoms with Crippen LogP contribution >= 0.6 is 33.2 Å². The van der Waals surface area contributed by atoms with Crippen molar-refractivity contribution in [2.45, 2.75) is 45.1 Å². The van der Waals surface area contributed by atoms with Gasteiger partial charge in [-0.05, 0) is 19.4 Å². The van der Waals surface area contributed by atoms with E-state index in [-0.39, 0.29) is 0 Å². The van der Waals surface area contributed by atoms with Gasteiger partial charge in [-0.3, -0.25) is 0 Å². The molecule has 0 unspecified atom stereocenters. The van der Waals surface area contributed by atoms with Crippen molar-refractivity contribution in [3.05, 3.63) is 12.2 Å². The summed E-state index contributed by atoms with van der Waals surface area (Å²) in [4.78, 5) is 0. The zero-order chi connectivity index (χ0) is 12.4. The van der Waals surface area contributed by atoms with Gasteiger partial charge in [-0.15, -0.1) is 33.2 Å². The molecule has 16 heavy (non-hydrogen) atoms. The van der Waals surface area contributed by atoms with E-state index in [0.717, 1.165) is 37.5 Å². The molecule has 0 aliphatic carbocycles. The summed E-state index contributed by atoms with van der Waals surface area (Å²) in [6.07, 6.45) is 5.69. The van der Waals surface area contributed by atoms with Crippen molar-refractivity contribution >= 4 is 39.2 Å². The van der Waals surface area contributed by atoms with Crippen LogP contribution < -0.4 is 0 Å². The van der Waals surface area contributed by atoms with E-state index in [0.29, 0.717) is 6.61 Å². The largest absolute Gasteiger partial charge is 0.377 e. The fraction of sp³-hybridized carbons (Fsp3) is 0.818. The molecule has 0 spiro atoms. The quantitative estimate of drug-likeness (QED) is 0.234. The summed E-state index contributed by atoms with van der Waals surface area (Å²) < 4.78 is 5.40. The molecular formula is C11H21Cl3OSi. The van der Waals surface area contributed by atoms with E-state index in [1.165, 1.54) is 12.8 Å². The first-order chi connectivity index (χ1) is 7.42. The second kappa shape index (κ2) is 9.78. The Bertz CT molecular complexity index is 192. The Kier molecular flexibility index (Phi) is 10.3. The van der Waals surface area contributed by atoms with E-state index < -0.39 is 6.00 Å². The highest BCUT2D eigenvalue weighted by molar-refractivity contribution is 7.64. The Morgan fingerprint density at radius 2 is 1.62 bits per heavy atom. The van der Waals surface area contributed by atoms with Gasteiger partial charge >= 0.3 is 6.00 Å². The molecule has 0 saturated carbocycles. The van der Waals surface area contributed by atoms with Crippen LogP contribution in [0.5, 0.6) is 0 Å². The van der Waals surface area contributed by atoms with Gasteiger partial charge in [0.25, 0.3) is 0 Å².